The van der Waals surface area contributed by atoms with Crippen LogP contribution in [0, 0.1) is 11.3 Å². The van der Waals surface area contributed by atoms with Crippen LogP contribution in [0.25, 0.3) is 11.1 Å². The van der Waals surface area contributed by atoms with Crippen molar-refractivity contribution in [3.05, 3.63) is 75.8 Å². The molecule has 0 aliphatic heterocycles. The first kappa shape index (κ1) is 57.5. The summed E-state index contributed by atoms with van der Waals surface area (Å²) in [6.45, 7) is 32.1. The van der Waals surface area contributed by atoms with Gasteiger partial charge in [-0.05, 0) is 65.0 Å². The zero-order valence-corrected chi connectivity index (χ0v) is 38.3. The van der Waals surface area contributed by atoms with E-state index in [4.69, 9.17) is 10.4 Å². The van der Waals surface area contributed by atoms with Crippen LogP contribution >= 0.6 is 11.3 Å². The summed E-state index contributed by atoms with van der Waals surface area (Å²) in [4.78, 5) is 32.6. The second kappa shape index (κ2) is 42.5. The zero-order valence-electron chi connectivity index (χ0n) is 37.5. The molecule has 1 atom stereocenters. The summed E-state index contributed by atoms with van der Waals surface area (Å²) in [6.07, 6.45) is 31.9. The van der Waals surface area contributed by atoms with Gasteiger partial charge in [-0.3, -0.25) is 20.0 Å². The van der Waals surface area contributed by atoms with Crippen LogP contribution in [0.5, 0.6) is 0 Å². The van der Waals surface area contributed by atoms with E-state index >= 15 is 0 Å². The number of hydrogen-bond acceptors (Lipinski definition) is 5. The highest BCUT2D eigenvalue weighted by Gasteiger charge is 2.17. The second-order valence-corrected chi connectivity index (χ2v) is 13.8. The summed E-state index contributed by atoms with van der Waals surface area (Å²) in [6, 6.07) is 0. The van der Waals surface area contributed by atoms with Gasteiger partial charge in [0.1, 0.15) is 11.3 Å². The molecule has 0 fully saturated rings. The van der Waals surface area contributed by atoms with Crippen LogP contribution in [0.4, 0.5) is 0 Å². The van der Waals surface area contributed by atoms with Crippen LogP contribution in [0.3, 0.4) is 0 Å². The van der Waals surface area contributed by atoms with Crippen LogP contribution in [-0.2, 0) is 9.59 Å². The van der Waals surface area contributed by atoms with Crippen molar-refractivity contribution in [3.8, 4) is 0 Å². The molecule has 1 aromatic heterocycles. The van der Waals surface area contributed by atoms with Crippen molar-refractivity contribution in [2.24, 2.45) is 10.9 Å². The van der Waals surface area contributed by atoms with Gasteiger partial charge in [-0.1, -0.05) is 182 Å². The number of nitrogens with zero attached hydrogens (tertiary/aromatic N) is 2. The molecule has 1 aromatic rings. The van der Waals surface area contributed by atoms with Crippen molar-refractivity contribution >= 4 is 46.6 Å². The van der Waals surface area contributed by atoms with Crippen molar-refractivity contribution in [1.82, 2.24) is 4.98 Å². The van der Waals surface area contributed by atoms with Gasteiger partial charge in [-0.15, -0.1) is 11.3 Å². The van der Waals surface area contributed by atoms with Crippen LogP contribution in [0.1, 0.15) is 198 Å². The molecule has 5 nitrogen and oxygen atoms in total. The summed E-state index contributed by atoms with van der Waals surface area (Å²) < 4.78 is 0. The molecular weight excluding hydrogens is 683 g/mol. The SMILES string of the molecule is C=C\C=C/C(=C(\C)CCC)C(=C\C)/c1csc(/C(=C/C(=C\CCC)C(C)=O)C(C)=O)n1.CC.CC=NC=N.CCC.CCCCCCC(CC)CCCC. The fourth-order valence-corrected chi connectivity index (χ4v) is 6.04. The number of aliphatic imine (C=N–C) groups is 1. The van der Waals surface area contributed by atoms with E-state index in [1.54, 1.807) is 25.3 Å². The summed E-state index contributed by atoms with van der Waals surface area (Å²) in [5, 5.41) is 8.89. The Balaban J connectivity index is -0.000000445. The summed E-state index contributed by atoms with van der Waals surface area (Å²) >= 11 is 1.43. The highest BCUT2D eigenvalue weighted by Crippen LogP contribution is 2.32. The number of aromatic nitrogens is 1. The first-order valence-electron chi connectivity index (χ1n) is 21.0. The van der Waals surface area contributed by atoms with Gasteiger partial charge in [0, 0.05) is 22.7 Å². The topological polar surface area (TPSA) is 83.2 Å². The predicted octanol–water partition coefficient (Wildman–Crippen LogP) is 16.0. The molecule has 0 spiro atoms. The fourth-order valence-electron chi connectivity index (χ4n) is 5.15. The number of carbonyl (C=O) groups excluding carboxylic acids is 2. The molecule has 0 aromatic carbocycles. The second-order valence-electron chi connectivity index (χ2n) is 12.9. The largest absolute Gasteiger partial charge is 0.295 e. The minimum atomic E-state index is -0.101. The maximum absolute atomic E-state index is 12.4. The molecule has 0 saturated carbocycles. The third-order valence-corrected chi connectivity index (χ3v) is 8.92. The van der Waals surface area contributed by atoms with Crippen molar-refractivity contribution in [2.75, 3.05) is 0 Å². The number of hydrogen-bond donors (Lipinski definition) is 1. The molecule has 0 saturated heterocycles. The van der Waals surface area contributed by atoms with E-state index in [0.29, 0.717) is 16.2 Å². The number of Topliss-reactive ketones (excluding diaryl/α,β-unsaturated/α-hetero) is 2. The molecular formula is C48H83N3O2S. The molecule has 308 valence electrons. The van der Waals surface area contributed by atoms with Gasteiger partial charge in [0.05, 0.1) is 11.3 Å². The Morgan fingerprint density at radius 3 is 1.91 bits per heavy atom. The molecule has 0 aliphatic rings. The van der Waals surface area contributed by atoms with Crippen molar-refractivity contribution in [2.45, 2.75) is 187 Å². The number of ketones is 2. The van der Waals surface area contributed by atoms with Gasteiger partial charge in [-0.2, -0.15) is 0 Å². The molecule has 1 unspecified atom stereocenters. The van der Waals surface area contributed by atoms with Crippen LogP contribution < -0.4 is 0 Å². The maximum Gasteiger partial charge on any atom is 0.162 e. The lowest BCUT2D eigenvalue weighted by atomic mass is 9.93. The molecule has 1 rings (SSSR count). The highest BCUT2D eigenvalue weighted by molar-refractivity contribution is 7.11. The van der Waals surface area contributed by atoms with Crippen molar-refractivity contribution < 1.29 is 9.59 Å². The Bertz CT molecular complexity index is 1290. The number of nitrogens with one attached hydrogen (secondary N) is 1. The highest BCUT2D eigenvalue weighted by atomic mass is 32.1. The number of thiazole rings is 1. The van der Waals surface area contributed by atoms with E-state index in [0.717, 1.165) is 54.8 Å². The minimum Gasteiger partial charge on any atom is -0.295 e. The van der Waals surface area contributed by atoms with Crippen LogP contribution in [0.2, 0.25) is 0 Å². The van der Waals surface area contributed by atoms with Crippen LogP contribution in [0.15, 0.2) is 70.1 Å². The van der Waals surface area contributed by atoms with E-state index in [2.05, 4.69) is 79.1 Å². The van der Waals surface area contributed by atoms with Gasteiger partial charge in [0.25, 0.3) is 0 Å². The number of allylic oxidation sites excluding steroid dienone is 11. The van der Waals surface area contributed by atoms with Crippen LogP contribution in [-0.4, -0.2) is 29.1 Å². The zero-order chi connectivity index (χ0) is 42.2. The smallest absolute Gasteiger partial charge is 0.162 e. The summed E-state index contributed by atoms with van der Waals surface area (Å²) in [7, 11) is 0. The predicted molar refractivity (Wildman–Crippen MR) is 247 cm³/mol. The van der Waals surface area contributed by atoms with E-state index in [1.807, 2.05) is 38.3 Å². The lowest BCUT2D eigenvalue weighted by Crippen LogP contribution is -2.01. The molecule has 0 bridgehead atoms. The Morgan fingerprint density at radius 1 is 0.870 bits per heavy atom. The number of carbonyl (C=O) groups is 2. The van der Waals surface area contributed by atoms with Gasteiger partial charge in [0.15, 0.2) is 11.6 Å². The number of unbranched alkanes of at least 4 members (excludes halogenated alkanes) is 5. The fraction of sp³-hybridized carbons (Fsp3) is 0.604. The normalized spacial score (nSPS) is 12.5. The molecule has 6 heteroatoms. The van der Waals surface area contributed by atoms with E-state index in [-0.39, 0.29) is 11.6 Å². The molecule has 1 N–H and O–H groups in total. The lowest BCUT2D eigenvalue weighted by Gasteiger charge is -2.13. The first-order chi connectivity index (χ1) is 26.0. The van der Waals surface area contributed by atoms with Gasteiger partial charge >= 0.3 is 0 Å². The van der Waals surface area contributed by atoms with E-state index < -0.39 is 0 Å². The van der Waals surface area contributed by atoms with E-state index in [9.17, 15) is 9.59 Å². The monoisotopic (exact) mass is 766 g/mol. The summed E-state index contributed by atoms with van der Waals surface area (Å²) in [5.41, 5.74) is 5.30. The molecule has 0 radical (unpaired) electrons. The lowest BCUT2D eigenvalue weighted by molar-refractivity contribution is -0.113. The molecule has 0 aliphatic carbocycles. The quantitative estimate of drug-likeness (QED) is 0.0419. The Morgan fingerprint density at radius 2 is 1.48 bits per heavy atom. The Labute approximate surface area is 339 Å². The third-order valence-electron chi connectivity index (χ3n) is 8.04. The van der Waals surface area contributed by atoms with Crippen molar-refractivity contribution in [3.63, 3.8) is 0 Å². The van der Waals surface area contributed by atoms with Gasteiger partial charge in [0.2, 0.25) is 0 Å². The standard InChI is InChI=1S/C27H35NO2S.C13H28.C3H6N2.C3H8.C2H6/c1-8-12-15-22(20(6)29)17-25(21(7)30)27-28-26(18-31-27)23(11-4)24(16-13-9-2)19(5)14-10-3;1-4-7-9-10-12-13(6-3)11-8-5-2;1-2-5-3-4;1-3-2;1-2/h9,11,13,15-18H,2,8,10,12,14H2,1,3-7H3;13H,4-12H2,1-3H3;2-4H,1H3;3H2,1-2H3;1-2H3/b16-13-,22-15+,23-11+,24-19-,25-17+;;;;. The van der Waals surface area contributed by atoms with Gasteiger partial charge in [-0.25, -0.2) is 4.98 Å². The average molecular weight is 766 g/mol. The molecule has 1 heterocycles. The Kier molecular flexibility index (Phi) is 45.2. The van der Waals surface area contributed by atoms with Gasteiger partial charge < -0.3 is 0 Å². The number of rotatable bonds is 22. The van der Waals surface area contributed by atoms with Crippen molar-refractivity contribution in [1.29, 1.82) is 5.41 Å². The third kappa shape index (κ3) is 30.1. The Hall–Kier alpha value is -3.25. The summed E-state index contributed by atoms with van der Waals surface area (Å²) in [5.74, 6) is 0.876. The average Bonchev–Trinajstić information content (AvgIpc) is 3.64. The van der Waals surface area contributed by atoms with E-state index in [1.165, 1.54) is 95.0 Å². The maximum atomic E-state index is 12.4. The first-order valence-corrected chi connectivity index (χ1v) is 21.9. The molecule has 0 amide bonds. The molecule has 54 heavy (non-hydrogen) atoms. The minimum absolute atomic E-state index is 0.0481.